The molecule has 0 aliphatic heterocycles. The summed E-state index contributed by atoms with van der Waals surface area (Å²) in [5, 5.41) is 2.43. The largest absolute Gasteiger partial charge is 0.325 e. The quantitative estimate of drug-likeness (QED) is 0.564. The zero-order valence-corrected chi connectivity index (χ0v) is 18.4. The van der Waals surface area contributed by atoms with Gasteiger partial charge in [-0.15, -0.1) is 0 Å². The zero-order chi connectivity index (χ0) is 22.9. The number of halogens is 1. The van der Waals surface area contributed by atoms with Crippen molar-refractivity contribution in [3.05, 3.63) is 66.5 Å². The monoisotopic (exact) mass is 455 g/mol. The van der Waals surface area contributed by atoms with Crippen molar-refractivity contribution in [2.45, 2.75) is 37.4 Å². The van der Waals surface area contributed by atoms with Crippen LogP contribution in [-0.4, -0.2) is 34.5 Å². The van der Waals surface area contributed by atoms with E-state index in [0.717, 1.165) is 11.8 Å². The number of hydrogen-bond donors (Lipinski definition) is 2. The van der Waals surface area contributed by atoms with Crippen molar-refractivity contribution < 1.29 is 17.6 Å². The van der Waals surface area contributed by atoms with Crippen LogP contribution in [0.25, 0.3) is 11.1 Å². The zero-order valence-electron chi connectivity index (χ0n) is 17.5. The van der Waals surface area contributed by atoms with Crippen LogP contribution < -0.4 is 10.0 Å². The highest BCUT2D eigenvalue weighted by Crippen LogP contribution is 2.30. The number of nitrogens with zero attached hydrogens (tertiary/aromatic N) is 3. The van der Waals surface area contributed by atoms with E-state index in [1.165, 1.54) is 12.3 Å². The van der Waals surface area contributed by atoms with Crippen LogP contribution in [0.3, 0.4) is 0 Å². The first-order valence-electron chi connectivity index (χ1n) is 10.0. The Labute approximate surface area is 185 Å². The van der Waals surface area contributed by atoms with E-state index in [4.69, 9.17) is 0 Å². The molecule has 1 aromatic carbocycles. The second-order valence-electron chi connectivity index (χ2n) is 8.16. The third-order valence-corrected chi connectivity index (χ3v) is 7.06. The van der Waals surface area contributed by atoms with Gasteiger partial charge in [0.2, 0.25) is 21.9 Å². The van der Waals surface area contributed by atoms with Gasteiger partial charge in [0, 0.05) is 23.6 Å². The molecule has 1 saturated carbocycles. The minimum Gasteiger partial charge on any atom is -0.325 e. The van der Waals surface area contributed by atoms with E-state index < -0.39 is 26.5 Å². The van der Waals surface area contributed by atoms with Crippen LogP contribution in [0, 0.1) is 5.82 Å². The Morgan fingerprint density at radius 2 is 1.81 bits per heavy atom. The molecule has 32 heavy (non-hydrogen) atoms. The number of pyridine rings is 1. The highest BCUT2D eigenvalue weighted by Gasteiger charge is 2.37. The first kappa shape index (κ1) is 21.8. The van der Waals surface area contributed by atoms with Gasteiger partial charge in [0.1, 0.15) is 5.82 Å². The summed E-state index contributed by atoms with van der Waals surface area (Å²) in [7, 11) is -3.50. The first-order valence-corrected chi connectivity index (χ1v) is 11.6. The van der Waals surface area contributed by atoms with Gasteiger partial charge in [-0.3, -0.25) is 14.5 Å². The lowest BCUT2D eigenvalue weighted by Crippen LogP contribution is -2.36. The summed E-state index contributed by atoms with van der Waals surface area (Å²) in [5.74, 6) is -0.805. The molecule has 0 atom stereocenters. The van der Waals surface area contributed by atoms with Crippen LogP contribution in [0.5, 0.6) is 0 Å². The lowest BCUT2D eigenvalue weighted by molar-refractivity contribution is -0.120. The molecule has 1 amide bonds. The molecule has 0 unspecified atom stereocenters. The number of amides is 1. The second kappa shape index (κ2) is 8.27. The summed E-state index contributed by atoms with van der Waals surface area (Å²) < 4.78 is 40.1. The normalized spacial score (nSPS) is 14.1. The molecule has 3 aromatic rings. The molecule has 1 fully saturated rings. The van der Waals surface area contributed by atoms with Crippen molar-refractivity contribution in [1.82, 2.24) is 15.0 Å². The molecule has 10 heteroatoms. The van der Waals surface area contributed by atoms with E-state index >= 15 is 0 Å². The van der Waals surface area contributed by atoms with E-state index in [-0.39, 0.29) is 11.9 Å². The molecular weight excluding hydrogens is 433 g/mol. The Morgan fingerprint density at radius 3 is 2.47 bits per heavy atom. The third-order valence-electron chi connectivity index (χ3n) is 5.24. The first-order chi connectivity index (χ1) is 15.1. The summed E-state index contributed by atoms with van der Waals surface area (Å²) in [6.45, 7) is 3.38. The minimum absolute atomic E-state index is 0.0525. The molecular formula is C22H22FN5O3S. The molecule has 2 N–H and O–H groups in total. The fourth-order valence-corrected chi connectivity index (χ4v) is 4.34. The number of aromatic nitrogens is 3. The van der Waals surface area contributed by atoms with Crippen molar-refractivity contribution in [2.24, 2.45) is 0 Å². The molecule has 4 rings (SSSR count). The van der Waals surface area contributed by atoms with E-state index in [1.807, 2.05) is 0 Å². The number of nitrogens with one attached hydrogen (secondary N) is 2. The minimum atomic E-state index is -3.50. The Kier molecular flexibility index (Phi) is 5.64. The molecule has 0 bridgehead atoms. The van der Waals surface area contributed by atoms with Crippen LogP contribution in [0.15, 0.2) is 55.0 Å². The SMILES string of the molecule is CC(C)(C(=O)Nc1ccc(-c2cncc(F)c2)cc1)c1ccnc(NS(=O)(=O)C2CC2)n1. The molecule has 8 nitrogen and oxygen atoms in total. The number of carbonyl (C=O) groups is 1. The summed E-state index contributed by atoms with van der Waals surface area (Å²) >= 11 is 0. The molecule has 166 valence electrons. The van der Waals surface area contributed by atoms with Crippen LogP contribution in [0.1, 0.15) is 32.4 Å². The Balaban J connectivity index is 1.48. The predicted octanol–water partition coefficient (Wildman–Crippen LogP) is 3.50. The Hall–Kier alpha value is -3.40. The Bertz CT molecular complexity index is 1260. The van der Waals surface area contributed by atoms with Crippen molar-refractivity contribution in [2.75, 3.05) is 10.0 Å². The van der Waals surface area contributed by atoms with E-state index in [0.29, 0.717) is 29.8 Å². The maximum Gasteiger partial charge on any atom is 0.237 e. The number of hydrogen-bond acceptors (Lipinski definition) is 6. The fraction of sp³-hybridized carbons (Fsp3) is 0.273. The highest BCUT2D eigenvalue weighted by molar-refractivity contribution is 7.93. The maximum absolute atomic E-state index is 13.4. The van der Waals surface area contributed by atoms with Gasteiger partial charge in [-0.1, -0.05) is 12.1 Å². The van der Waals surface area contributed by atoms with Gasteiger partial charge >= 0.3 is 0 Å². The molecule has 0 spiro atoms. The van der Waals surface area contributed by atoms with Gasteiger partial charge < -0.3 is 5.32 Å². The van der Waals surface area contributed by atoms with E-state index in [9.17, 15) is 17.6 Å². The van der Waals surface area contributed by atoms with Crippen LogP contribution in [0.2, 0.25) is 0 Å². The smallest absolute Gasteiger partial charge is 0.237 e. The fourth-order valence-electron chi connectivity index (χ4n) is 3.06. The summed E-state index contributed by atoms with van der Waals surface area (Å²) in [5.41, 5.74) is 1.26. The van der Waals surface area contributed by atoms with Gasteiger partial charge in [-0.25, -0.2) is 22.8 Å². The number of rotatable bonds is 7. The molecule has 2 heterocycles. The standard InChI is InChI=1S/C22H22FN5O3S/c1-22(2,19-9-10-25-21(27-19)28-32(30,31)18-7-8-18)20(29)26-17-5-3-14(4-6-17)15-11-16(23)13-24-12-15/h3-6,9-13,18H,7-8H2,1-2H3,(H,26,29)(H,25,27,28). The average Bonchev–Trinajstić information content (AvgIpc) is 3.60. The number of carbonyl (C=O) groups excluding carboxylic acids is 1. The Morgan fingerprint density at radius 1 is 1.09 bits per heavy atom. The van der Waals surface area contributed by atoms with Gasteiger partial charge in [-0.05, 0) is 56.5 Å². The summed E-state index contributed by atoms with van der Waals surface area (Å²) in [4.78, 5) is 25.1. The molecule has 1 aliphatic rings. The number of anilines is 2. The summed E-state index contributed by atoms with van der Waals surface area (Å²) in [6.07, 6.45) is 5.36. The maximum atomic E-state index is 13.4. The van der Waals surface area contributed by atoms with E-state index in [2.05, 4.69) is 25.0 Å². The molecule has 0 radical (unpaired) electrons. The number of sulfonamides is 1. The van der Waals surface area contributed by atoms with Crippen LogP contribution in [-0.2, 0) is 20.2 Å². The van der Waals surface area contributed by atoms with Gasteiger partial charge in [0.25, 0.3) is 0 Å². The topological polar surface area (TPSA) is 114 Å². The number of benzene rings is 1. The van der Waals surface area contributed by atoms with Crippen LogP contribution >= 0.6 is 0 Å². The second-order valence-corrected chi connectivity index (χ2v) is 10.1. The predicted molar refractivity (Wildman–Crippen MR) is 119 cm³/mol. The van der Waals surface area contributed by atoms with E-state index in [1.54, 1.807) is 50.4 Å². The van der Waals surface area contributed by atoms with Gasteiger partial charge in [0.15, 0.2) is 0 Å². The third kappa shape index (κ3) is 4.75. The van der Waals surface area contributed by atoms with Gasteiger partial charge in [-0.2, -0.15) is 0 Å². The van der Waals surface area contributed by atoms with Crippen molar-refractivity contribution >= 4 is 27.6 Å². The lowest BCUT2D eigenvalue weighted by Gasteiger charge is -2.23. The molecule has 1 aliphatic carbocycles. The van der Waals surface area contributed by atoms with Gasteiger partial charge in [0.05, 0.1) is 22.6 Å². The average molecular weight is 456 g/mol. The van der Waals surface area contributed by atoms with Crippen LogP contribution in [0.4, 0.5) is 16.0 Å². The molecule has 2 aromatic heterocycles. The molecule has 0 saturated heterocycles. The van der Waals surface area contributed by atoms with Crippen molar-refractivity contribution in [3.8, 4) is 11.1 Å². The highest BCUT2D eigenvalue weighted by atomic mass is 32.2. The van der Waals surface area contributed by atoms with Crippen molar-refractivity contribution in [3.63, 3.8) is 0 Å². The van der Waals surface area contributed by atoms with Crippen molar-refractivity contribution in [1.29, 1.82) is 0 Å². The lowest BCUT2D eigenvalue weighted by atomic mass is 9.88. The summed E-state index contributed by atoms with van der Waals surface area (Å²) in [6, 6.07) is 9.90.